The summed E-state index contributed by atoms with van der Waals surface area (Å²) in [6.45, 7) is 1.43. The van der Waals surface area contributed by atoms with Crippen molar-refractivity contribution < 1.29 is 14.7 Å². The first kappa shape index (κ1) is 15.0. The highest BCUT2D eigenvalue weighted by Crippen LogP contribution is 2.22. The van der Waals surface area contributed by atoms with Crippen molar-refractivity contribution in [2.75, 3.05) is 0 Å². The first-order valence-corrected chi connectivity index (χ1v) is 6.53. The predicted octanol–water partition coefficient (Wildman–Crippen LogP) is 2.62. The molecule has 0 fully saturated rings. The summed E-state index contributed by atoms with van der Waals surface area (Å²) in [4.78, 5) is 22.1. The Morgan fingerprint density at radius 3 is 2.78 bits per heavy atom. The lowest BCUT2D eigenvalue weighted by Crippen LogP contribution is -2.38. The number of carboxylic acids is 1. The first-order chi connectivity index (χ1) is 8.40. The van der Waals surface area contributed by atoms with Gasteiger partial charge in [-0.3, -0.25) is 9.59 Å². The van der Waals surface area contributed by atoms with E-state index in [4.69, 9.17) is 16.7 Å². The van der Waals surface area contributed by atoms with E-state index < -0.39 is 12.0 Å². The van der Waals surface area contributed by atoms with Gasteiger partial charge in [0.1, 0.15) is 6.04 Å². The van der Waals surface area contributed by atoms with E-state index in [2.05, 4.69) is 21.2 Å². The van der Waals surface area contributed by atoms with Gasteiger partial charge in [0.25, 0.3) is 0 Å². The topological polar surface area (TPSA) is 66.4 Å². The number of halogens is 2. The van der Waals surface area contributed by atoms with E-state index in [0.717, 1.165) is 10.0 Å². The van der Waals surface area contributed by atoms with Gasteiger partial charge in [-0.1, -0.05) is 27.5 Å². The Balaban J connectivity index is 2.52. The highest BCUT2D eigenvalue weighted by molar-refractivity contribution is 9.10. The van der Waals surface area contributed by atoms with E-state index in [-0.39, 0.29) is 12.3 Å². The number of nitrogens with one attached hydrogen (secondary N) is 1. The number of hydrogen-bond donors (Lipinski definition) is 2. The molecule has 18 heavy (non-hydrogen) atoms. The number of aliphatic carboxylic acids is 1. The van der Waals surface area contributed by atoms with Crippen molar-refractivity contribution in [3.05, 3.63) is 33.3 Å². The van der Waals surface area contributed by atoms with E-state index in [9.17, 15) is 9.59 Å². The van der Waals surface area contributed by atoms with Crippen LogP contribution in [0.25, 0.3) is 0 Å². The summed E-state index contributed by atoms with van der Waals surface area (Å²) in [5.74, 6) is -1.34. The molecule has 98 valence electrons. The van der Waals surface area contributed by atoms with Gasteiger partial charge < -0.3 is 10.4 Å². The number of amides is 1. The number of carboxylic acid groups (broad SMARTS) is 1. The average Bonchev–Trinajstić information content (AvgIpc) is 2.30. The molecule has 6 heteroatoms. The fraction of sp³-hybridized carbons (Fsp3) is 0.333. The molecule has 0 aromatic heterocycles. The maximum atomic E-state index is 11.5. The molecule has 4 nitrogen and oxygen atoms in total. The third kappa shape index (κ3) is 4.66. The minimum atomic E-state index is -1.05. The molecule has 0 unspecified atom stereocenters. The Hall–Kier alpha value is -1.07. The zero-order chi connectivity index (χ0) is 13.7. The van der Waals surface area contributed by atoms with Crippen LogP contribution in [-0.4, -0.2) is 23.0 Å². The average molecular weight is 335 g/mol. The number of benzene rings is 1. The molecule has 0 saturated heterocycles. The van der Waals surface area contributed by atoms with Gasteiger partial charge in [-0.2, -0.15) is 0 Å². The second-order valence-electron chi connectivity index (χ2n) is 3.86. The third-order valence-corrected chi connectivity index (χ3v) is 3.39. The number of carbonyl (C=O) groups is 2. The van der Waals surface area contributed by atoms with Gasteiger partial charge in [0, 0.05) is 15.9 Å². The Bertz CT molecular complexity index is 465. The quantitative estimate of drug-likeness (QED) is 0.870. The summed E-state index contributed by atoms with van der Waals surface area (Å²) < 4.78 is 0.881. The molecule has 0 radical (unpaired) electrons. The van der Waals surface area contributed by atoms with Crippen LogP contribution >= 0.6 is 27.5 Å². The van der Waals surface area contributed by atoms with Crippen LogP contribution in [0.1, 0.15) is 18.9 Å². The standard InChI is InChI=1S/C12H13BrClNO3/c1-7(12(17)18)15-11(16)5-2-8-6-9(14)3-4-10(8)13/h3-4,6-7H,2,5H2,1H3,(H,15,16)(H,17,18)/t7-/m0/s1. The predicted molar refractivity (Wildman–Crippen MR) is 72.7 cm³/mol. The van der Waals surface area contributed by atoms with Gasteiger partial charge in [-0.05, 0) is 37.1 Å². The molecule has 1 atom stereocenters. The SMILES string of the molecule is C[C@H](NC(=O)CCc1cc(Cl)ccc1Br)C(=O)O. The Labute approximate surface area is 118 Å². The van der Waals surface area contributed by atoms with Gasteiger partial charge in [-0.15, -0.1) is 0 Å². The molecule has 0 aliphatic carbocycles. The van der Waals surface area contributed by atoms with Crippen molar-refractivity contribution in [1.82, 2.24) is 5.32 Å². The molecule has 1 rings (SSSR count). The van der Waals surface area contributed by atoms with Gasteiger partial charge in [0.05, 0.1) is 0 Å². The zero-order valence-corrected chi connectivity index (χ0v) is 12.1. The highest BCUT2D eigenvalue weighted by Gasteiger charge is 2.14. The molecule has 0 aliphatic rings. The zero-order valence-electron chi connectivity index (χ0n) is 9.74. The normalized spacial score (nSPS) is 11.9. The van der Waals surface area contributed by atoms with Crippen LogP contribution in [0.15, 0.2) is 22.7 Å². The van der Waals surface area contributed by atoms with Crippen LogP contribution in [0, 0.1) is 0 Å². The van der Waals surface area contributed by atoms with Crippen LogP contribution in [0.3, 0.4) is 0 Å². The van der Waals surface area contributed by atoms with Gasteiger partial charge in [0.2, 0.25) is 5.91 Å². The number of rotatable bonds is 5. The van der Waals surface area contributed by atoms with E-state index in [1.807, 2.05) is 6.07 Å². The Kier molecular flexibility index (Phi) is 5.62. The van der Waals surface area contributed by atoms with Crippen LogP contribution in [0.5, 0.6) is 0 Å². The monoisotopic (exact) mass is 333 g/mol. The van der Waals surface area contributed by atoms with E-state index in [1.165, 1.54) is 6.92 Å². The number of hydrogen-bond acceptors (Lipinski definition) is 2. The second kappa shape index (κ2) is 6.75. The smallest absolute Gasteiger partial charge is 0.325 e. The first-order valence-electron chi connectivity index (χ1n) is 5.36. The molecule has 0 aliphatic heterocycles. The van der Waals surface area contributed by atoms with Crippen molar-refractivity contribution in [2.45, 2.75) is 25.8 Å². The molecule has 1 aromatic carbocycles. The van der Waals surface area contributed by atoms with Crippen LogP contribution < -0.4 is 5.32 Å². The molecular weight excluding hydrogens is 321 g/mol. The summed E-state index contributed by atoms with van der Waals surface area (Å²) in [5.41, 5.74) is 0.917. The van der Waals surface area contributed by atoms with Crippen LogP contribution in [0.4, 0.5) is 0 Å². The molecule has 1 amide bonds. The molecule has 0 heterocycles. The van der Waals surface area contributed by atoms with E-state index >= 15 is 0 Å². The lowest BCUT2D eigenvalue weighted by molar-refractivity contribution is -0.141. The number of aryl methyl sites for hydroxylation is 1. The summed E-state index contributed by atoms with van der Waals surface area (Å²) in [7, 11) is 0. The van der Waals surface area contributed by atoms with Crippen LogP contribution in [-0.2, 0) is 16.0 Å². The fourth-order valence-electron chi connectivity index (χ4n) is 1.36. The Morgan fingerprint density at radius 2 is 2.17 bits per heavy atom. The minimum absolute atomic E-state index is 0.219. The molecular formula is C12H13BrClNO3. The molecule has 2 N–H and O–H groups in total. The summed E-state index contributed by atoms with van der Waals surface area (Å²) in [5, 5.41) is 11.7. The summed E-state index contributed by atoms with van der Waals surface area (Å²) in [6, 6.07) is 4.47. The largest absolute Gasteiger partial charge is 0.480 e. The van der Waals surface area contributed by atoms with E-state index in [1.54, 1.807) is 12.1 Å². The van der Waals surface area contributed by atoms with Crippen molar-refractivity contribution in [2.24, 2.45) is 0 Å². The minimum Gasteiger partial charge on any atom is -0.480 e. The van der Waals surface area contributed by atoms with Crippen molar-refractivity contribution >= 4 is 39.4 Å². The second-order valence-corrected chi connectivity index (χ2v) is 5.15. The Morgan fingerprint density at radius 1 is 1.50 bits per heavy atom. The number of carbonyl (C=O) groups excluding carboxylic acids is 1. The molecule has 0 saturated carbocycles. The maximum Gasteiger partial charge on any atom is 0.325 e. The summed E-state index contributed by atoms with van der Waals surface area (Å²) in [6.07, 6.45) is 0.718. The lowest BCUT2D eigenvalue weighted by atomic mass is 10.1. The fourth-order valence-corrected chi connectivity index (χ4v) is 2.00. The third-order valence-electron chi connectivity index (χ3n) is 2.38. The van der Waals surface area contributed by atoms with Crippen molar-refractivity contribution in [1.29, 1.82) is 0 Å². The van der Waals surface area contributed by atoms with Crippen LogP contribution in [0.2, 0.25) is 5.02 Å². The molecule has 1 aromatic rings. The van der Waals surface area contributed by atoms with Crippen molar-refractivity contribution in [3.8, 4) is 0 Å². The van der Waals surface area contributed by atoms with E-state index in [0.29, 0.717) is 11.4 Å². The molecule has 0 bridgehead atoms. The van der Waals surface area contributed by atoms with Gasteiger partial charge in [0.15, 0.2) is 0 Å². The maximum absolute atomic E-state index is 11.5. The summed E-state index contributed by atoms with van der Waals surface area (Å²) >= 11 is 9.23. The highest BCUT2D eigenvalue weighted by atomic mass is 79.9. The lowest BCUT2D eigenvalue weighted by Gasteiger charge is -2.09. The van der Waals surface area contributed by atoms with Gasteiger partial charge in [-0.25, -0.2) is 0 Å². The van der Waals surface area contributed by atoms with Crippen molar-refractivity contribution in [3.63, 3.8) is 0 Å². The molecule has 0 spiro atoms. The van der Waals surface area contributed by atoms with Gasteiger partial charge >= 0.3 is 5.97 Å².